The van der Waals surface area contributed by atoms with Crippen LogP contribution >= 0.6 is 0 Å². The molecule has 0 spiro atoms. The van der Waals surface area contributed by atoms with Gasteiger partial charge in [0.2, 0.25) is 0 Å². The molecule has 0 rings (SSSR count). The molecule has 0 bridgehead atoms. The van der Waals surface area contributed by atoms with Gasteiger partial charge in [-0.25, -0.2) is 0 Å². The standard InChI is InChI=1S/C12H28N2O2/c1-7-10(2)14(4)9-8-13-11(3)12(15-5)16-6/h10-13H,7-9H2,1-6H3. The lowest BCUT2D eigenvalue weighted by Crippen LogP contribution is -2.43. The highest BCUT2D eigenvalue weighted by molar-refractivity contribution is 4.67. The van der Waals surface area contributed by atoms with Crippen molar-refractivity contribution in [2.75, 3.05) is 34.4 Å². The lowest BCUT2D eigenvalue weighted by molar-refractivity contribution is -0.119. The molecule has 0 heterocycles. The lowest BCUT2D eigenvalue weighted by Gasteiger charge is -2.26. The van der Waals surface area contributed by atoms with Crippen LogP contribution in [-0.4, -0.2) is 57.6 Å². The number of rotatable bonds is 9. The molecule has 0 aromatic carbocycles. The highest BCUT2D eigenvalue weighted by Crippen LogP contribution is 2.00. The summed E-state index contributed by atoms with van der Waals surface area (Å²) in [5, 5.41) is 3.40. The Morgan fingerprint density at radius 2 is 1.75 bits per heavy atom. The molecule has 4 nitrogen and oxygen atoms in total. The maximum Gasteiger partial charge on any atom is 0.171 e. The first kappa shape index (κ1) is 15.8. The molecule has 0 aromatic heterocycles. The average molecular weight is 232 g/mol. The Labute approximate surface area is 100 Å². The third kappa shape index (κ3) is 5.80. The maximum absolute atomic E-state index is 5.19. The largest absolute Gasteiger partial charge is 0.354 e. The Morgan fingerprint density at radius 3 is 2.19 bits per heavy atom. The van der Waals surface area contributed by atoms with E-state index in [2.05, 4.69) is 38.0 Å². The summed E-state index contributed by atoms with van der Waals surface area (Å²) in [5.74, 6) is 0. The molecule has 2 unspecified atom stereocenters. The molecule has 0 amide bonds. The van der Waals surface area contributed by atoms with Gasteiger partial charge in [-0.15, -0.1) is 0 Å². The molecule has 0 aliphatic heterocycles. The van der Waals surface area contributed by atoms with Crippen LogP contribution in [0.4, 0.5) is 0 Å². The zero-order valence-corrected chi connectivity index (χ0v) is 11.6. The summed E-state index contributed by atoms with van der Waals surface area (Å²) in [7, 11) is 5.49. The van der Waals surface area contributed by atoms with Gasteiger partial charge >= 0.3 is 0 Å². The van der Waals surface area contributed by atoms with Gasteiger partial charge in [0.1, 0.15) is 0 Å². The molecule has 0 saturated heterocycles. The van der Waals surface area contributed by atoms with Gasteiger partial charge in [-0.3, -0.25) is 0 Å². The molecular formula is C12H28N2O2. The van der Waals surface area contributed by atoms with E-state index >= 15 is 0 Å². The predicted octanol–water partition coefficient (Wildman–Crippen LogP) is 1.31. The van der Waals surface area contributed by atoms with Crippen molar-refractivity contribution < 1.29 is 9.47 Å². The van der Waals surface area contributed by atoms with Gasteiger partial charge in [-0.05, 0) is 27.3 Å². The van der Waals surface area contributed by atoms with Crippen LogP contribution in [0.2, 0.25) is 0 Å². The van der Waals surface area contributed by atoms with Gasteiger partial charge in [-0.1, -0.05) is 6.92 Å². The normalized spacial score (nSPS) is 15.8. The van der Waals surface area contributed by atoms with E-state index in [9.17, 15) is 0 Å². The van der Waals surface area contributed by atoms with Crippen LogP contribution in [0.5, 0.6) is 0 Å². The number of hydrogen-bond acceptors (Lipinski definition) is 4. The minimum absolute atomic E-state index is 0.172. The van der Waals surface area contributed by atoms with E-state index in [1.54, 1.807) is 14.2 Å². The van der Waals surface area contributed by atoms with Crippen molar-refractivity contribution >= 4 is 0 Å². The quantitative estimate of drug-likeness (QED) is 0.608. The van der Waals surface area contributed by atoms with Crippen molar-refractivity contribution in [3.05, 3.63) is 0 Å². The summed E-state index contributed by atoms with van der Waals surface area (Å²) in [5.41, 5.74) is 0. The average Bonchev–Trinajstić information content (AvgIpc) is 2.29. The monoisotopic (exact) mass is 232 g/mol. The van der Waals surface area contributed by atoms with E-state index in [-0.39, 0.29) is 12.3 Å². The lowest BCUT2D eigenvalue weighted by atomic mass is 10.2. The molecule has 16 heavy (non-hydrogen) atoms. The SMILES string of the molecule is CCC(C)N(C)CCNC(C)C(OC)OC. The molecule has 2 atom stereocenters. The molecule has 1 N–H and O–H groups in total. The van der Waals surface area contributed by atoms with Gasteiger partial charge in [0.05, 0.1) is 6.04 Å². The second-order valence-corrected chi connectivity index (χ2v) is 4.32. The van der Waals surface area contributed by atoms with Crippen LogP contribution in [0, 0.1) is 0 Å². The molecule has 0 aliphatic carbocycles. The van der Waals surface area contributed by atoms with Gasteiger partial charge in [0, 0.05) is 33.4 Å². The zero-order chi connectivity index (χ0) is 12.6. The first-order valence-electron chi connectivity index (χ1n) is 6.06. The van der Waals surface area contributed by atoms with Crippen molar-refractivity contribution in [2.24, 2.45) is 0 Å². The molecule has 98 valence electrons. The summed E-state index contributed by atoms with van der Waals surface area (Å²) < 4.78 is 10.4. The van der Waals surface area contributed by atoms with Crippen LogP contribution in [-0.2, 0) is 9.47 Å². The Morgan fingerprint density at radius 1 is 1.19 bits per heavy atom. The highest BCUT2D eigenvalue weighted by atomic mass is 16.7. The zero-order valence-electron chi connectivity index (χ0n) is 11.6. The third-order valence-electron chi connectivity index (χ3n) is 3.15. The molecule has 0 aliphatic rings. The summed E-state index contributed by atoms with van der Waals surface area (Å²) in [6.07, 6.45) is 1.01. The van der Waals surface area contributed by atoms with E-state index in [1.807, 2.05) is 0 Å². The van der Waals surface area contributed by atoms with E-state index in [0.29, 0.717) is 6.04 Å². The first-order chi connectivity index (χ1) is 7.56. The minimum Gasteiger partial charge on any atom is -0.354 e. The predicted molar refractivity (Wildman–Crippen MR) is 67.7 cm³/mol. The van der Waals surface area contributed by atoms with Gasteiger partial charge in [-0.2, -0.15) is 0 Å². The van der Waals surface area contributed by atoms with E-state index < -0.39 is 0 Å². The number of nitrogens with one attached hydrogen (secondary N) is 1. The van der Waals surface area contributed by atoms with E-state index in [4.69, 9.17) is 9.47 Å². The molecule has 0 aromatic rings. The fraction of sp³-hybridized carbons (Fsp3) is 1.00. The summed E-state index contributed by atoms with van der Waals surface area (Å²) in [6, 6.07) is 0.845. The van der Waals surface area contributed by atoms with Crippen LogP contribution in [0.15, 0.2) is 0 Å². The Bertz CT molecular complexity index is 163. The fourth-order valence-electron chi connectivity index (χ4n) is 1.60. The Hall–Kier alpha value is -0.160. The number of likely N-dealkylation sites (N-methyl/N-ethyl adjacent to an activating group) is 1. The number of nitrogens with zero attached hydrogens (tertiary/aromatic N) is 1. The van der Waals surface area contributed by atoms with Crippen LogP contribution < -0.4 is 5.32 Å². The summed E-state index contributed by atoms with van der Waals surface area (Å²) in [6.45, 7) is 8.52. The van der Waals surface area contributed by atoms with Crippen molar-refractivity contribution in [2.45, 2.75) is 45.6 Å². The van der Waals surface area contributed by atoms with Crippen LogP contribution in [0.3, 0.4) is 0 Å². The van der Waals surface area contributed by atoms with Crippen molar-refractivity contribution in [1.29, 1.82) is 0 Å². The fourth-order valence-corrected chi connectivity index (χ4v) is 1.60. The number of ether oxygens (including phenoxy) is 2. The van der Waals surface area contributed by atoms with E-state index in [0.717, 1.165) is 13.1 Å². The maximum atomic E-state index is 5.19. The molecule has 0 fully saturated rings. The van der Waals surface area contributed by atoms with Crippen molar-refractivity contribution in [3.63, 3.8) is 0 Å². The number of methoxy groups -OCH3 is 2. The third-order valence-corrected chi connectivity index (χ3v) is 3.15. The van der Waals surface area contributed by atoms with E-state index in [1.165, 1.54) is 6.42 Å². The summed E-state index contributed by atoms with van der Waals surface area (Å²) >= 11 is 0. The van der Waals surface area contributed by atoms with Crippen molar-refractivity contribution in [3.8, 4) is 0 Å². The molecule has 0 saturated carbocycles. The molecular weight excluding hydrogens is 204 g/mol. The Balaban J connectivity index is 3.72. The molecule has 0 radical (unpaired) electrons. The summed E-state index contributed by atoms with van der Waals surface area (Å²) in [4.78, 5) is 2.36. The van der Waals surface area contributed by atoms with Crippen LogP contribution in [0.25, 0.3) is 0 Å². The highest BCUT2D eigenvalue weighted by Gasteiger charge is 2.15. The van der Waals surface area contributed by atoms with Crippen molar-refractivity contribution in [1.82, 2.24) is 10.2 Å². The second kappa shape index (κ2) is 8.93. The minimum atomic E-state index is -0.172. The van der Waals surface area contributed by atoms with Gasteiger partial charge in [0.15, 0.2) is 6.29 Å². The first-order valence-corrected chi connectivity index (χ1v) is 6.06. The van der Waals surface area contributed by atoms with Crippen LogP contribution in [0.1, 0.15) is 27.2 Å². The van der Waals surface area contributed by atoms with Gasteiger partial charge < -0.3 is 19.7 Å². The van der Waals surface area contributed by atoms with Gasteiger partial charge in [0.25, 0.3) is 0 Å². The number of hydrogen-bond donors (Lipinski definition) is 1. The topological polar surface area (TPSA) is 33.7 Å². The molecule has 4 heteroatoms. The second-order valence-electron chi connectivity index (χ2n) is 4.32. The smallest absolute Gasteiger partial charge is 0.171 e. The Kier molecular flexibility index (Phi) is 8.84.